The van der Waals surface area contributed by atoms with Crippen LogP contribution in [-0.2, 0) is 9.59 Å². The summed E-state index contributed by atoms with van der Waals surface area (Å²) in [7, 11) is 0. The van der Waals surface area contributed by atoms with E-state index in [2.05, 4.69) is 10.6 Å². The Labute approximate surface area is 140 Å². The fourth-order valence-electron chi connectivity index (χ4n) is 1.85. The van der Waals surface area contributed by atoms with Crippen molar-refractivity contribution in [2.75, 3.05) is 6.54 Å². The third kappa shape index (κ3) is 7.90. The van der Waals surface area contributed by atoms with Gasteiger partial charge in [0, 0.05) is 30.6 Å². The van der Waals surface area contributed by atoms with Gasteiger partial charge in [-0.2, -0.15) is 0 Å². The van der Waals surface area contributed by atoms with Crippen LogP contribution in [0.5, 0.6) is 0 Å². The summed E-state index contributed by atoms with van der Waals surface area (Å²) >= 11 is 0. The first-order chi connectivity index (χ1) is 10.1. The molecule has 1 atom stereocenters. The second-order valence-corrected chi connectivity index (χ2v) is 5.89. The van der Waals surface area contributed by atoms with Crippen molar-refractivity contribution < 1.29 is 18.4 Å². The number of nitrogens with two attached hydrogens (primary N) is 1. The molecule has 5 nitrogen and oxygen atoms in total. The molecule has 1 aromatic carbocycles. The van der Waals surface area contributed by atoms with Gasteiger partial charge >= 0.3 is 0 Å². The molecule has 1 unspecified atom stereocenters. The first kappa shape index (κ1) is 21.3. The van der Waals surface area contributed by atoms with E-state index in [0.717, 1.165) is 6.07 Å². The monoisotopic (exact) mass is 349 g/mol. The number of amides is 2. The van der Waals surface area contributed by atoms with Gasteiger partial charge in [-0.25, -0.2) is 8.78 Å². The normalized spacial score (nSPS) is 12.1. The average molecular weight is 350 g/mol. The summed E-state index contributed by atoms with van der Waals surface area (Å²) in [5.41, 5.74) is 5.23. The zero-order valence-corrected chi connectivity index (χ0v) is 14.1. The lowest BCUT2D eigenvalue weighted by Gasteiger charge is -2.22. The number of hydrogen-bond acceptors (Lipinski definition) is 3. The molecule has 0 heterocycles. The SMILES string of the molecule is CC(=O)NC(CC(=O)NCC(C)(C)N)c1ccc(F)cc1F.Cl. The van der Waals surface area contributed by atoms with Crippen LogP contribution >= 0.6 is 12.4 Å². The number of rotatable bonds is 6. The molecule has 0 aliphatic carbocycles. The van der Waals surface area contributed by atoms with Gasteiger partial charge in [0.1, 0.15) is 11.6 Å². The quantitative estimate of drug-likeness (QED) is 0.732. The maximum absolute atomic E-state index is 13.8. The largest absolute Gasteiger partial charge is 0.354 e. The number of halogens is 3. The van der Waals surface area contributed by atoms with E-state index in [0.29, 0.717) is 6.07 Å². The standard InChI is InChI=1S/C15H21F2N3O2.ClH/c1-9(21)20-13(7-14(22)19-8-15(2,3)18)11-5-4-10(16)6-12(11)17;/h4-6,13H,7-8,18H2,1-3H3,(H,19,22)(H,20,21);1H. The van der Waals surface area contributed by atoms with Crippen LogP contribution in [0.3, 0.4) is 0 Å². The highest BCUT2D eigenvalue weighted by atomic mass is 35.5. The molecule has 0 saturated heterocycles. The number of hydrogen-bond donors (Lipinski definition) is 3. The number of carbonyl (C=O) groups excluding carboxylic acids is 2. The molecule has 0 aromatic heterocycles. The predicted molar refractivity (Wildman–Crippen MR) is 86.1 cm³/mol. The van der Waals surface area contributed by atoms with Crippen LogP contribution in [-0.4, -0.2) is 23.9 Å². The summed E-state index contributed by atoms with van der Waals surface area (Å²) < 4.78 is 26.8. The average Bonchev–Trinajstić information content (AvgIpc) is 2.34. The molecule has 0 aliphatic heterocycles. The number of carbonyl (C=O) groups is 2. The Hall–Kier alpha value is -1.73. The molecule has 23 heavy (non-hydrogen) atoms. The van der Waals surface area contributed by atoms with Crippen molar-refractivity contribution in [1.29, 1.82) is 0 Å². The highest BCUT2D eigenvalue weighted by Gasteiger charge is 2.21. The fourth-order valence-corrected chi connectivity index (χ4v) is 1.85. The summed E-state index contributed by atoms with van der Waals surface area (Å²) in [5, 5.41) is 5.11. The van der Waals surface area contributed by atoms with Gasteiger partial charge in [-0.15, -0.1) is 12.4 Å². The van der Waals surface area contributed by atoms with Crippen molar-refractivity contribution in [3.05, 3.63) is 35.4 Å². The van der Waals surface area contributed by atoms with Crippen molar-refractivity contribution in [2.45, 2.75) is 38.8 Å². The molecule has 0 aliphatic rings. The van der Waals surface area contributed by atoms with Gasteiger partial charge in [-0.3, -0.25) is 9.59 Å². The van der Waals surface area contributed by atoms with Crippen LogP contribution in [0.25, 0.3) is 0 Å². The molecule has 1 rings (SSSR count). The van der Waals surface area contributed by atoms with Crippen molar-refractivity contribution in [2.24, 2.45) is 5.73 Å². The lowest BCUT2D eigenvalue weighted by atomic mass is 10.0. The van der Waals surface area contributed by atoms with Crippen LogP contribution in [0.4, 0.5) is 8.78 Å². The van der Waals surface area contributed by atoms with Crippen molar-refractivity contribution in [3.63, 3.8) is 0 Å². The first-order valence-corrected chi connectivity index (χ1v) is 6.86. The van der Waals surface area contributed by atoms with E-state index in [1.807, 2.05) is 0 Å². The van der Waals surface area contributed by atoms with E-state index in [9.17, 15) is 18.4 Å². The molecule has 0 fully saturated rings. The maximum Gasteiger partial charge on any atom is 0.222 e. The van der Waals surface area contributed by atoms with E-state index in [1.54, 1.807) is 13.8 Å². The van der Waals surface area contributed by atoms with Gasteiger partial charge in [0.2, 0.25) is 11.8 Å². The van der Waals surface area contributed by atoms with E-state index in [4.69, 9.17) is 5.73 Å². The van der Waals surface area contributed by atoms with Gasteiger partial charge in [0.05, 0.1) is 12.5 Å². The molecule has 8 heteroatoms. The Morgan fingerprint density at radius 3 is 2.39 bits per heavy atom. The lowest BCUT2D eigenvalue weighted by Crippen LogP contribution is -2.45. The van der Waals surface area contributed by atoms with Gasteiger partial charge in [0.25, 0.3) is 0 Å². The summed E-state index contributed by atoms with van der Waals surface area (Å²) in [6.45, 7) is 5.00. The summed E-state index contributed by atoms with van der Waals surface area (Å²) in [6, 6.07) is 2.13. The van der Waals surface area contributed by atoms with Gasteiger partial charge < -0.3 is 16.4 Å². The number of nitrogens with one attached hydrogen (secondary N) is 2. The zero-order chi connectivity index (χ0) is 16.9. The summed E-state index contributed by atoms with van der Waals surface area (Å²) in [6.07, 6.45) is -0.168. The maximum atomic E-state index is 13.8. The lowest BCUT2D eigenvalue weighted by molar-refractivity contribution is -0.123. The smallest absolute Gasteiger partial charge is 0.222 e. The van der Waals surface area contributed by atoms with Crippen LogP contribution in [0.1, 0.15) is 38.8 Å². The summed E-state index contributed by atoms with van der Waals surface area (Å²) in [4.78, 5) is 23.2. The molecular formula is C15H22ClF2N3O2. The molecule has 130 valence electrons. The van der Waals surface area contributed by atoms with Crippen molar-refractivity contribution in [1.82, 2.24) is 10.6 Å². The van der Waals surface area contributed by atoms with Crippen molar-refractivity contribution in [3.8, 4) is 0 Å². The Kier molecular flexibility index (Phi) is 8.12. The highest BCUT2D eigenvalue weighted by molar-refractivity contribution is 5.85. The minimum Gasteiger partial charge on any atom is -0.354 e. The van der Waals surface area contributed by atoms with Gasteiger partial charge in [-0.05, 0) is 19.9 Å². The third-order valence-corrected chi connectivity index (χ3v) is 2.85. The molecule has 2 amide bonds. The van der Waals surface area contributed by atoms with E-state index in [-0.39, 0.29) is 36.8 Å². The molecule has 0 bridgehead atoms. The Morgan fingerprint density at radius 2 is 1.91 bits per heavy atom. The van der Waals surface area contributed by atoms with E-state index >= 15 is 0 Å². The van der Waals surface area contributed by atoms with Gasteiger partial charge in [-0.1, -0.05) is 6.07 Å². The van der Waals surface area contributed by atoms with Crippen LogP contribution < -0.4 is 16.4 Å². The van der Waals surface area contributed by atoms with Crippen LogP contribution in [0, 0.1) is 11.6 Å². The minimum atomic E-state index is -0.876. The van der Waals surface area contributed by atoms with E-state index in [1.165, 1.54) is 13.0 Å². The highest BCUT2D eigenvalue weighted by Crippen LogP contribution is 2.21. The Balaban J connectivity index is 0.00000484. The molecule has 0 saturated carbocycles. The Morgan fingerprint density at radius 1 is 1.30 bits per heavy atom. The fraction of sp³-hybridized carbons (Fsp3) is 0.467. The second kappa shape index (κ2) is 8.79. The molecule has 0 radical (unpaired) electrons. The molecule has 0 spiro atoms. The van der Waals surface area contributed by atoms with Crippen LogP contribution in [0.2, 0.25) is 0 Å². The molecule has 1 aromatic rings. The molecular weight excluding hydrogens is 328 g/mol. The second-order valence-electron chi connectivity index (χ2n) is 5.89. The zero-order valence-electron chi connectivity index (χ0n) is 13.3. The van der Waals surface area contributed by atoms with Gasteiger partial charge in [0.15, 0.2) is 0 Å². The first-order valence-electron chi connectivity index (χ1n) is 6.86. The minimum absolute atomic E-state index is 0. The number of benzene rings is 1. The van der Waals surface area contributed by atoms with Crippen molar-refractivity contribution >= 4 is 24.2 Å². The molecule has 4 N–H and O–H groups in total. The van der Waals surface area contributed by atoms with E-state index < -0.39 is 29.1 Å². The topological polar surface area (TPSA) is 84.2 Å². The Bertz CT molecular complexity index is 562. The van der Waals surface area contributed by atoms with Crippen LogP contribution in [0.15, 0.2) is 18.2 Å². The third-order valence-electron chi connectivity index (χ3n) is 2.85. The predicted octanol–water partition coefficient (Wildman–Crippen LogP) is 1.81. The summed E-state index contributed by atoms with van der Waals surface area (Å²) in [5.74, 6) is -2.34.